The van der Waals surface area contributed by atoms with Crippen molar-refractivity contribution >= 4 is 38.6 Å². The Kier molecular flexibility index (Phi) is 4.73. The molecule has 2 aromatic carbocycles. The molecule has 4 nitrogen and oxygen atoms in total. The van der Waals surface area contributed by atoms with Gasteiger partial charge in [-0.3, -0.25) is 4.98 Å². The third-order valence-corrected chi connectivity index (χ3v) is 4.61. The Morgan fingerprint density at radius 1 is 1.15 bits per heavy atom. The van der Waals surface area contributed by atoms with E-state index in [2.05, 4.69) is 30.7 Å². The average molecular weight is 416 g/mol. The molecule has 0 amide bonds. The van der Waals surface area contributed by atoms with Crippen LogP contribution < -0.4 is 4.74 Å². The van der Waals surface area contributed by atoms with Gasteiger partial charge in [0.05, 0.1) is 6.57 Å². The van der Waals surface area contributed by atoms with Crippen LogP contribution in [0, 0.1) is 6.57 Å². The van der Waals surface area contributed by atoms with Gasteiger partial charge in [-0.05, 0) is 54.1 Å². The first-order valence-corrected chi connectivity index (χ1v) is 9.07. The summed E-state index contributed by atoms with van der Waals surface area (Å²) >= 11 is 3.50. The van der Waals surface area contributed by atoms with Crippen molar-refractivity contribution in [1.29, 1.82) is 0 Å². The van der Waals surface area contributed by atoms with Crippen LogP contribution in [0.25, 0.3) is 27.5 Å². The van der Waals surface area contributed by atoms with Gasteiger partial charge in [0, 0.05) is 33.5 Å². The number of rotatable bonds is 4. The van der Waals surface area contributed by atoms with Crippen LogP contribution in [0.4, 0.5) is 0 Å². The third-order valence-electron chi connectivity index (χ3n) is 4.11. The summed E-state index contributed by atoms with van der Waals surface area (Å²) in [5.74, 6) is 1.39. The van der Waals surface area contributed by atoms with Crippen LogP contribution in [0.2, 0.25) is 0 Å². The van der Waals surface area contributed by atoms with Crippen molar-refractivity contribution in [2.75, 3.05) is 0 Å². The van der Waals surface area contributed by atoms with E-state index >= 15 is 0 Å². The summed E-state index contributed by atoms with van der Waals surface area (Å²) in [6.07, 6.45) is 7.04. The maximum atomic E-state index is 7.68. The predicted molar refractivity (Wildman–Crippen MR) is 111 cm³/mol. The van der Waals surface area contributed by atoms with Crippen LogP contribution in [0.5, 0.6) is 11.5 Å². The number of hydrogen-bond donors (Lipinski definition) is 1. The zero-order chi connectivity index (χ0) is 18.6. The Hall–Kier alpha value is -3.36. The molecule has 2 aromatic heterocycles. The molecule has 1 N–H and O–H groups in total. The number of nitrogens with one attached hydrogen (secondary N) is 1. The van der Waals surface area contributed by atoms with Gasteiger partial charge in [0.1, 0.15) is 11.5 Å². The van der Waals surface area contributed by atoms with E-state index in [0.717, 1.165) is 32.3 Å². The van der Waals surface area contributed by atoms with Crippen molar-refractivity contribution in [1.82, 2.24) is 9.97 Å². The quantitative estimate of drug-likeness (QED) is 0.384. The zero-order valence-electron chi connectivity index (χ0n) is 14.2. The zero-order valence-corrected chi connectivity index (χ0v) is 15.8. The molecule has 0 atom stereocenters. The van der Waals surface area contributed by atoms with E-state index in [1.165, 1.54) is 0 Å². The molecule has 0 saturated carbocycles. The largest absolute Gasteiger partial charge is 0.457 e. The first-order chi connectivity index (χ1) is 13.2. The van der Waals surface area contributed by atoms with Gasteiger partial charge in [0.15, 0.2) is 5.70 Å². The predicted octanol–water partition coefficient (Wildman–Crippen LogP) is 6.54. The van der Waals surface area contributed by atoms with Gasteiger partial charge in [-0.2, -0.15) is 0 Å². The van der Waals surface area contributed by atoms with Crippen molar-refractivity contribution in [2.45, 2.75) is 0 Å². The van der Waals surface area contributed by atoms with E-state index in [4.69, 9.17) is 11.3 Å². The molecule has 0 saturated heterocycles. The highest BCUT2D eigenvalue weighted by Crippen LogP contribution is 2.32. The number of aromatic amines is 1. The summed E-state index contributed by atoms with van der Waals surface area (Å²) in [6.45, 7) is 7.68. The molecular weight excluding hydrogens is 402 g/mol. The number of halogens is 1. The fraction of sp³-hybridized carbons (Fsp3) is 0. The Balaban J connectivity index is 1.77. The fourth-order valence-corrected chi connectivity index (χ4v) is 3.19. The monoisotopic (exact) mass is 415 g/mol. The molecule has 27 heavy (non-hydrogen) atoms. The van der Waals surface area contributed by atoms with Crippen LogP contribution in [-0.2, 0) is 0 Å². The van der Waals surface area contributed by atoms with E-state index in [1.54, 1.807) is 18.5 Å². The molecule has 0 unspecified atom stereocenters. The summed E-state index contributed by atoms with van der Waals surface area (Å²) in [6, 6.07) is 17.3. The Morgan fingerprint density at radius 2 is 2.00 bits per heavy atom. The summed E-state index contributed by atoms with van der Waals surface area (Å²) in [5.41, 5.74) is 3.09. The number of nitrogens with zero attached hydrogens (tertiary/aromatic N) is 2. The number of para-hydroxylation sites is 1. The van der Waals surface area contributed by atoms with Crippen molar-refractivity contribution in [3.8, 4) is 11.5 Å². The highest BCUT2D eigenvalue weighted by molar-refractivity contribution is 9.10. The topological polar surface area (TPSA) is 42.3 Å². The van der Waals surface area contributed by atoms with Crippen LogP contribution >= 0.6 is 15.9 Å². The van der Waals surface area contributed by atoms with Gasteiger partial charge in [0.25, 0.3) is 0 Å². The molecule has 5 heteroatoms. The van der Waals surface area contributed by atoms with Gasteiger partial charge in [-0.15, -0.1) is 0 Å². The lowest BCUT2D eigenvalue weighted by molar-refractivity contribution is 0.481. The maximum absolute atomic E-state index is 7.68. The average Bonchev–Trinajstić information content (AvgIpc) is 3.11. The number of pyridine rings is 1. The second-order valence-corrected chi connectivity index (χ2v) is 6.78. The Labute approximate surface area is 165 Å². The van der Waals surface area contributed by atoms with Gasteiger partial charge < -0.3 is 9.72 Å². The van der Waals surface area contributed by atoms with E-state index < -0.39 is 0 Å². The molecule has 0 aliphatic carbocycles. The number of aromatic nitrogens is 2. The van der Waals surface area contributed by atoms with Crippen LogP contribution in [0.15, 0.2) is 77.7 Å². The van der Waals surface area contributed by atoms with Gasteiger partial charge >= 0.3 is 0 Å². The fourth-order valence-electron chi connectivity index (χ4n) is 2.83. The highest BCUT2D eigenvalue weighted by atomic mass is 79.9. The summed E-state index contributed by atoms with van der Waals surface area (Å²) in [5, 5.41) is 0.987. The minimum Gasteiger partial charge on any atom is -0.457 e. The van der Waals surface area contributed by atoms with Crippen molar-refractivity contribution in [3.63, 3.8) is 0 Å². The SMILES string of the molecule is [C-]#[N+]/C(=C\c1cnccc1Oc1ccccc1)c1c[nH]c2ccc(Br)cc12. The number of benzene rings is 2. The van der Waals surface area contributed by atoms with Crippen molar-refractivity contribution in [3.05, 3.63) is 100 Å². The molecular formula is C22H14BrN3O. The molecule has 4 rings (SSSR count). The smallest absolute Gasteiger partial charge is 0.197 e. The van der Waals surface area contributed by atoms with E-state index in [-0.39, 0.29) is 0 Å². The Bertz CT molecular complexity index is 1170. The Morgan fingerprint density at radius 3 is 2.81 bits per heavy atom. The molecule has 0 aliphatic rings. The van der Waals surface area contributed by atoms with Crippen molar-refractivity contribution < 1.29 is 4.74 Å². The summed E-state index contributed by atoms with van der Waals surface area (Å²) in [4.78, 5) is 11.2. The normalized spacial score (nSPS) is 11.3. The van der Waals surface area contributed by atoms with E-state index in [1.807, 2.05) is 60.8 Å². The minimum atomic E-state index is 0.519. The molecule has 0 radical (unpaired) electrons. The van der Waals surface area contributed by atoms with Crippen LogP contribution in [0.1, 0.15) is 11.1 Å². The van der Waals surface area contributed by atoms with Gasteiger partial charge in [-0.1, -0.05) is 34.1 Å². The lowest BCUT2D eigenvalue weighted by Crippen LogP contribution is -1.89. The maximum Gasteiger partial charge on any atom is 0.197 e. The molecule has 2 heterocycles. The number of hydrogen-bond acceptors (Lipinski definition) is 2. The molecule has 0 aliphatic heterocycles. The molecule has 0 spiro atoms. The first kappa shape index (κ1) is 17.1. The van der Waals surface area contributed by atoms with Crippen molar-refractivity contribution in [2.24, 2.45) is 0 Å². The second-order valence-electron chi connectivity index (χ2n) is 5.86. The number of ether oxygens (including phenoxy) is 1. The second kappa shape index (κ2) is 7.48. The van der Waals surface area contributed by atoms with Gasteiger partial charge in [0.2, 0.25) is 0 Å². The van der Waals surface area contributed by atoms with Gasteiger partial charge in [-0.25, -0.2) is 4.85 Å². The van der Waals surface area contributed by atoms with E-state index in [9.17, 15) is 0 Å². The standard InChI is InChI=1S/C22H14BrN3O/c1-24-21(19-14-26-20-8-7-16(23)12-18(19)20)11-15-13-25-10-9-22(15)27-17-5-3-2-4-6-17/h2-14,26H/b21-11-. The number of fused-ring (bicyclic) bond motifs is 1. The first-order valence-electron chi connectivity index (χ1n) is 8.27. The number of H-pyrrole nitrogens is 1. The molecule has 0 fully saturated rings. The van der Waals surface area contributed by atoms with E-state index in [0.29, 0.717) is 11.4 Å². The highest BCUT2D eigenvalue weighted by Gasteiger charge is 2.11. The molecule has 4 aromatic rings. The van der Waals surface area contributed by atoms with Crippen LogP contribution in [0.3, 0.4) is 0 Å². The minimum absolute atomic E-state index is 0.519. The molecule has 0 bridgehead atoms. The third kappa shape index (κ3) is 3.62. The lowest BCUT2D eigenvalue weighted by atomic mass is 10.1. The lowest BCUT2D eigenvalue weighted by Gasteiger charge is -2.08. The summed E-state index contributed by atoms with van der Waals surface area (Å²) in [7, 11) is 0. The molecule has 130 valence electrons. The van der Waals surface area contributed by atoms with Crippen LogP contribution in [-0.4, -0.2) is 9.97 Å². The summed E-state index contributed by atoms with van der Waals surface area (Å²) < 4.78 is 6.94.